The number of aliphatic hydroxyl groups excluding tert-OH is 2. The molecule has 1 saturated heterocycles. The number of hydrogen-bond donors (Lipinski definition) is 13. The predicted molar refractivity (Wildman–Crippen MR) is 242 cm³/mol. The van der Waals surface area contributed by atoms with E-state index in [9.17, 15) is 42.6 Å². The van der Waals surface area contributed by atoms with E-state index >= 15 is 0 Å². The van der Waals surface area contributed by atoms with E-state index in [-0.39, 0.29) is 76.3 Å². The van der Waals surface area contributed by atoms with Crippen molar-refractivity contribution in [3.8, 4) is 0 Å². The van der Waals surface area contributed by atoms with E-state index in [0.717, 1.165) is 22.7 Å². The standard InChI is InChI=1S/C43H65N11O9S/c1-26-17-18-36(55)47-20-9-8-15-31(37(44)56)50-42(61)35(24-28-25-49-30-14-7-6-13-29(28)30)54-39(58)32(16-10-21-48-43(45)46)52-41(60)34(23-27-11-4-3-5-12-27)53-40(59)33(51-38(26)57)19-22-64(2,62)63/h3-7,11-14,25-26,31-35,38,42,49-51,57,61H,8-10,15-24H2,1-2H3,(H2,44,56)(H,47,55)(H,52,60)(H,53,59)(H,54,58)(H4,45,46,48)/t26-,31-,32-,33-,34+,35-,38-,42-/m0/s1. The Hall–Kier alpha value is -5.61. The molecule has 21 heteroatoms. The van der Waals surface area contributed by atoms with Crippen molar-refractivity contribution < 1.29 is 42.6 Å². The second-order valence-corrected chi connectivity index (χ2v) is 18.7. The molecule has 4 rings (SSSR count). The number of sulfone groups is 1. The Bertz CT molecular complexity index is 2140. The van der Waals surface area contributed by atoms with Crippen LogP contribution >= 0.6 is 0 Å². The van der Waals surface area contributed by atoms with Crippen LogP contribution in [-0.2, 0) is 46.7 Å². The lowest BCUT2D eigenvalue weighted by atomic mass is 10.0. The largest absolute Gasteiger partial charge is 0.378 e. The van der Waals surface area contributed by atoms with E-state index in [1.807, 2.05) is 24.3 Å². The molecule has 1 aromatic heterocycles. The molecule has 0 saturated carbocycles. The normalized spacial score (nSPS) is 25.5. The molecule has 0 spiro atoms. The molecule has 20 nitrogen and oxygen atoms in total. The van der Waals surface area contributed by atoms with E-state index in [2.05, 4.69) is 42.2 Å². The number of rotatable bonds is 12. The zero-order chi connectivity index (χ0) is 46.8. The first-order valence-corrected chi connectivity index (χ1v) is 23.7. The van der Waals surface area contributed by atoms with Crippen molar-refractivity contribution in [2.24, 2.45) is 17.4 Å². The zero-order valence-electron chi connectivity index (χ0n) is 36.4. The van der Waals surface area contributed by atoms with Gasteiger partial charge in [0.25, 0.3) is 0 Å². The van der Waals surface area contributed by atoms with Crippen LogP contribution in [0.3, 0.4) is 0 Å². The summed E-state index contributed by atoms with van der Waals surface area (Å²) in [4.78, 5) is 71.6. The van der Waals surface area contributed by atoms with E-state index < -0.39 is 87.8 Å². The number of hydrogen-bond acceptors (Lipinski definition) is 12. The summed E-state index contributed by atoms with van der Waals surface area (Å²) in [5.41, 5.74) is 13.5. The molecule has 352 valence electrons. The lowest BCUT2D eigenvalue weighted by molar-refractivity contribution is -0.133. The summed E-state index contributed by atoms with van der Waals surface area (Å²) in [5.74, 6) is -4.59. The molecule has 1 fully saturated rings. The lowest BCUT2D eigenvalue weighted by Crippen LogP contribution is -2.61. The molecular formula is C43H65N11O9S. The highest BCUT2D eigenvalue weighted by atomic mass is 32.2. The Balaban J connectivity index is 1.73. The number of aromatic nitrogens is 1. The third-order valence-electron chi connectivity index (χ3n) is 11.1. The summed E-state index contributed by atoms with van der Waals surface area (Å²) in [5, 5.41) is 50.9. The van der Waals surface area contributed by atoms with Crippen LogP contribution in [0.15, 0.2) is 60.8 Å². The summed E-state index contributed by atoms with van der Waals surface area (Å²) < 4.78 is 24.5. The van der Waals surface area contributed by atoms with Gasteiger partial charge >= 0.3 is 0 Å². The van der Waals surface area contributed by atoms with Crippen LogP contribution in [0.5, 0.6) is 0 Å². The number of para-hydroxylation sites is 1. The maximum atomic E-state index is 14.4. The number of aromatic amines is 1. The minimum atomic E-state index is -3.58. The van der Waals surface area contributed by atoms with Gasteiger partial charge in [0.2, 0.25) is 29.5 Å². The highest BCUT2D eigenvalue weighted by Crippen LogP contribution is 2.21. The van der Waals surface area contributed by atoms with Gasteiger partial charge in [0.15, 0.2) is 5.96 Å². The quantitative estimate of drug-likeness (QED) is 0.0582. The first-order valence-electron chi connectivity index (χ1n) is 21.6. The number of primary amides is 1. The fourth-order valence-electron chi connectivity index (χ4n) is 7.39. The number of benzene rings is 2. The highest BCUT2D eigenvalue weighted by Gasteiger charge is 2.34. The average molecular weight is 912 g/mol. The summed E-state index contributed by atoms with van der Waals surface area (Å²) in [6, 6.07) is 10.2. The Morgan fingerprint density at radius 1 is 0.828 bits per heavy atom. The number of nitrogens with two attached hydrogens (primary N) is 2. The van der Waals surface area contributed by atoms with E-state index in [1.165, 1.54) is 0 Å². The van der Waals surface area contributed by atoms with Crippen molar-refractivity contribution >= 4 is 56.2 Å². The fraction of sp³-hybridized carbons (Fsp3) is 0.535. The summed E-state index contributed by atoms with van der Waals surface area (Å²) >= 11 is 0. The molecule has 15 N–H and O–H groups in total. The predicted octanol–water partition coefficient (Wildman–Crippen LogP) is -1.14. The number of amides is 5. The molecule has 1 aliphatic heterocycles. The molecule has 0 unspecified atom stereocenters. The maximum absolute atomic E-state index is 14.4. The van der Waals surface area contributed by atoms with Gasteiger partial charge in [-0.25, -0.2) is 8.42 Å². The van der Waals surface area contributed by atoms with Crippen molar-refractivity contribution in [3.63, 3.8) is 0 Å². The molecule has 5 amide bonds. The van der Waals surface area contributed by atoms with Crippen molar-refractivity contribution in [2.75, 3.05) is 25.1 Å². The topological polar surface area (TPSA) is 336 Å². The lowest BCUT2D eigenvalue weighted by Gasteiger charge is -2.31. The molecule has 3 aromatic rings. The van der Waals surface area contributed by atoms with Gasteiger partial charge in [-0.05, 0) is 74.5 Å². The Morgan fingerprint density at radius 2 is 1.50 bits per heavy atom. The zero-order valence-corrected chi connectivity index (χ0v) is 37.2. The average Bonchev–Trinajstić information content (AvgIpc) is 3.65. The number of carbonyl (C=O) groups excluding carboxylic acids is 5. The maximum Gasteiger partial charge on any atom is 0.243 e. The minimum Gasteiger partial charge on any atom is -0.378 e. The SMILES string of the molecule is C[C@H]1CCC(=O)NCCCC[C@@H](C(N)=O)N[C@@H](O)[C@H](Cc2c[nH]c3ccccc23)NC(=O)[C@H](CCCNC(=N)N)NC(=O)[C@@H](Cc2ccccc2)NC(=O)[C@H](CCS(C)(=O)=O)N[C@H]1O. The Kier molecular flexibility index (Phi) is 20.0. The van der Waals surface area contributed by atoms with Gasteiger partial charge in [-0.3, -0.25) is 40.0 Å². The first-order chi connectivity index (χ1) is 30.4. The van der Waals surface area contributed by atoms with E-state index in [4.69, 9.17) is 16.9 Å². The number of carbonyl (C=O) groups is 5. The smallest absolute Gasteiger partial charge is 0.243 e. The van der Waals surface area contributed by atoms with Crippen molar-refractivity contribution in [2.45, 2.75) is 114 Å². The third kappa shape index (κ3) is 17.2. The molecule has 8 atom stereocenters. The summed E-state index contributed by atoms with van der Waals surface area (Å²) in [6.07, 6.45) is 1.21. The molecule has 0 radical (unpaired) electrons. The summed E-state index contributed by atoms with van der Waals surface area (Å²) in [7, 11) is -3.58. The van der Waals surface area contributed by atoms with Gasteiger partial charge in [0, 0.05) is 49.3 Å². The van der Waals surface area contributed by atoms with Gasteiger partial charge in [-0.2, -0.15) is 0 Å². The van der Waals surface area contributed by atoms with Crippen LogP contribution in [0.2, 0.25) is 0 Å². The van der Waals surface area contributed by atoms with Gasteiger partial charge in [-0.15, -0.1) is 0 Å². The highest BCUT2D eigenvalue weighted by molar-refractivity contribution is 7.90. The molecule has 0 bridgehead atoms. The van der Waals surface area contributed by atoms with Gasteiger partial charge in [-0.1, -0.05) is 55.5 Å². The van der Waals surface area contributed by atoms with E-state index in [1.54, 1.807) is 43.5 Å². The summed E-state index contributed by atoms with van der Waals surface area (Å²) in [6.45, 7) is 2.11. The second-order valence-electron chi connectivity index (χ2n) is 16.5. The van der Waals surface area contributed by atoms with Gasteiger partial charge in [0.05, 0.1) is 23.9 Å². The fourth-order valence-corrected chi connectivity index (χ4v) is 8.06. The molecule has 2 heterocycles. The molecular weight excluding hydrogens is 847 g/mol. The Morgan fingerprint density at radius 3 is 2.20 bits per heavy atom. The number of nitrogens with one attached hydrogen (secondary N) is 9. The number of guanidine groups is 1. The number of H-pyrrole nitrogens is 1. The van der Waals surface area contributed by atoms with E-state index in [0.29, 0.717) is 18.4 Å². The van der Waals surface area contributed by atoms with Crippen molar-refractivity contribution in [1.29, 1.82) is 5.41 Å². The van der Waals surface area contributed by atoms with Crippen LogP contribution in [-0.4, -0.2) is 127 Å². The van der Waals surface area contributed by atoms with Crippen LogP contribution in [0.25, 0.3) is 10.9 Å². The minimum absolute atomic E-state index is 0.0102. The van der Waals surface area contributed by atoms with Crippen molar-refractivity contribution in [3.05, 3.63) is 71.9 Å². The Labute approximate surface area is 373 Å². The second kappa shape index (κ2) is 25.0. The van der Waals surface area contributed by atoms with Gasteiger partial charge in [0.1, 0.15) is 34.4 Å². The third-order valence-corrected chi connectivity index (χ3v) is 12.1. The van der Waals surface area contributed by atoms with Crippen LogP contribution in [0, 0.1) is 11.3 Å². The van der Waals surface area contributed by atoms with Gasteiger partial charge < -0.3 is 53.2 Å². The monoisotopic (exact) mass is 911 g/mol. The molecule has 2 aromatic carbocycles. The van der Waals surface area contributed by atoms with Crippen LogP contribution in [0.1, 0.15) is 69.4 Å². The first kappa shape index (κ1) is 51.0. The van der Waals surface area contributed by atoms with Crippen molar-refractivity contribution in [1.82, 2.24) is 42.2 Å². The van der Waals surface area contributed by atoms with Crippen LogP contribution < -0.4 is 48.7 Å². The number of fused-ring (bicyclic) bond motifs is 1. The number of aliphatic hydroxyl groups is 2. The molecule has 0 aliphatic carbocycles. The molecule has 64 heavy (non-hydrogen) atoms. The van der Waals surface area contributed by atoms with Crippen LogP contribution in [0.4, 0.5) is 0 Å². The molecule has 1 aliphatic rings.